The molecule has 0 radical (unpaired) electrons. The van der Waals surface area contributed by atoms with Crippen LogP contribution in [0.15, 0.2) is 41.2 Å². The van der Waals surface area contributed by atoms with E-state index in [4.69, 9.17) is 10.3 Å². The van der Waals surface area contributed by atoms with Crippen molar-refractivity contribution in [1.82, 2.24) is 20.1 Å². The predicted molar refractivity (Wildman–Crippen MR) is 65.1 cm³/mol. The van der Waals surface area contributed by atoms with E-state index in [-0.39, 0.29) is 11.7 Å². The zero-order valence-electron chi connectivity index (χ0n) is 9.62. The molecule has 3 aromatic rings. The summed E-state index contributed by atoms with van der Waals surface area (Å²) >= 11 is 0. The van der Waals surface area contributed by atoms with Crippen molar-refractivity contribution in [3.05, 3.63) is 42.5 Å². The van der Waals surface area contributed by atoms with E-state index in [2.05, 4.69) is 20.1 Å². The number of hydrogen-bond donors (Lipinski definition) is 1. The van der Waals surface area contributed by atoms with Crippen molar-refractivity contribution in [3.63, 3.8) is 0 Å². The molecule has 0 saturated heterocycles. The van der Waals surface area contributed by atoms with Gasteiger partial charge >= 0.3 is 0 Å². The van der Waals surface area contributed by atoms with Crippen molar-refractivity contribution in [1.29, 1.82) is 0 Å². The number of nitrogen functional groups attached to an aromatic ring is 1. The predicted octanol–water partition coefficient (Wildman–Crippen LogP) is 1.91. The molecule has 0 aliphatic heterocycles. The second kappa shape index (κ2) is 4.45. The molecule has 0 spiro atoms. The molecule has 0 aliphatic carbocycles. The minimum atomic E-state index is -0.431. The molecule has 2 aromatic heterocycles. The zero-order valence-corrected chi connectivity index (χ0v) is 9.62. The Morgan fingerprint density at radius 1 is 1.11 bits per heavy atom. The summed E-state index contributed by atoms with van der Waals surface area (Å²) in [6, 6.07) is 5.61. The van der Waals surface area contributed by atoms with E-state index in [1.165, 1.54) is 18.2 Å². The first-order chi connectivity index (χ1) is 9.24. The number of aromatic nitrogens is 4. The fraction of sp³-hybridized carbons (Fsp3) is 0. The molecule has 2 N–H and O–H groups in total. The molecule has 0 amide bonds. The highest BCUT2D eigenvalue weighted by Gasteiger charge is 2.15. The summed E-state index contributed by atoms with van der Waals surface area (Å²) in [5.41, 5.74) is 6.44. The van der Waals surface area contributed by atoms with Crippen LogP contribution in [0.2, 0.25) is 0 Å². The SMILES string of the molecule is Nc1ccc(F)cc1-c1nc(-c2ncccn2)no1. The van der Waals surface area contributed by atoms with E-state index in [0.717, 1.165) is 0 Å². The van der Waals surface area contributed by atoms with Gasteiger partial charge in [0.25, 0.3) is 5.89 Å². The third-order valence-corrected chi connectivity index (χ3v) is 2.44. The second-order valence-electron chi connectivity index (χ2n) is 3.73. The first-order valence-electron chi connectivity index (χ1n) is 5.40. The number of nitrogens with two attached hydrogens (primary N) is 1. The van der Waals surface area contributed by atoms with Crippen LogP contribution in [-0.4, -0.2) is 20.1 Å². The van der Waals surface area contributed by atoms with Gasteiger partial charge in [0, 0.05) is 18.1 Å². The van der Waals surface area contributed by atoms with Crippen LogP contribution in [0.25, 0.3) is 23.1 Å². The molecule has 3 rings (SSSR count). The van der Waals surface area contributed by atoms with Gasteiger partial charge in [-0.05, 0) is 24.3 Å². The number of anilines is 1. The van der Waals surface area contributed by atoms with Crippen LogP contribution >= 0.6 is 0 Å². The van der Waals surface area contributed by atoms with Gasteiger partial charge in [-0.15, -0.1) is 0 Å². The van der Waals surface area contributed by atoms with Gasteiger partial charge in [-0.2, -0.15) is 4.98 Å². The van der Waals surface area contributed by atoms with Crippen LogP contribution in [0.3, 0.4) is 0 Å². The van der Waals surface area contributed by atoms with E-state index in [9.17, 15) is 4.39 Å². The number of benzene rings is 1. The van der Waals surface area contributed by atoms with Crippen LogP contribution < -0.4 is 5.73 Å². The molecule has 6 nitrogen and oxygen atoms in total. The largest absolute Gasteiger partial charge is 0.398 e. The highest BCUT2D eigenvalue weighted by molar-refractivity contribution is 5.70. The van der Waals surface area contributed by atoms with Crippen LogP contribution in [0, 0.1) is 5.82 Å². The summed E-state index contributed by atoms with van der Waals surface area (Å²) in [6.07, 6.45) is 3.13. The maximum absolute atomic E-state index is 13.2. The van der Waals surface area contributed by atoms with Crippen molar-refractivity contribution >= 4 is 5.69 Å². The molecule has 0 fully saturated rings. The molecule has 1 aromatic carbocycles. The lowest BCUT2D eigenvalue weighted by Crippen LogP contribution is -1.92. The summed E-state index contributed by atoms with van der Waals surface area (Å²) in [4.78, 5) is 12.1. The maximum Gasteiger partial charge on any atom is 0.260 e. The minimum absolute atomic E-state index is 0.124. The molecular formula is C12H8FN5O. The Morgan fingerprint density at radius 3 is 2.68 bits per heavy atom. The lowest BCUT2D eigenvalue weighted by Gasteiger charge is -1.99. The molecule has 0 bridgehead atoms. The summed E-state index contributed by atoms with van der Waals surface area (Å²) in [6.45, 7) is 0. The Morgan fingerprint density at radius 2 is 1.89 bits per heavy atom. The number of rotatable bonds is 2. The highest BCUT2D eigenvalue weighted by atomic mass is 19.1. The van der Waals surface area contributed by atoms with Gasteiger partial charge in [-0.25, -0.2) is 14.4 Å². The van der Waals surface area contributed by atoms with E-state index in [0.29, 0.717) is 17.1 Å². The molecule has 0 aliphatic rings. The quantitative estimate of drug-likeness (QED) is 0.705. The molecule has 94 valence electrons. The minimum Gasteiger partial charge on any atom is -0.398 e. The van der Waals surface area contributed by atoms with Gasteiger partial charge in [-0.1, -0.05) is 5.16 Å². The Bertz CT molecular complexity index is 713. The van der Waals surface area contributed by atoms with E-state index in [1.807, 2.05) is 0 Å². The van der Waals surface area contributed by atoms with E-state index >= 15 is 0 Å². The first kappa shape index (κ1) is 11.3. The van der Waals surface area contributed by atoms with Crippen molar-refractivity contribution in [2.24, 2.45) is 0 Å². The lowest BCUT2D eigenvalue weighted by atomic mass is 10.2. The highest BCUT2D eigenvalue weighted by Crippen LogP contribution is 2.26. The van der Waals surface area contributed by atoms with Crippen LogP contribution in [0.4, 0.5) is 10.1 Å². The van der Waals surface area contributed by atoms with Gasteiger partial charge in [-0.3, -0.25) is 0 Å². The fourth-order valence-electron chi connectivity index (χ4n) is 1.55. The van der Waals surface area contributed by atoms with Crippen molar-refractivity contribution < 1.29 is 8.91 Å². The van der Waals surface area contributed by atoms with Crippen LogP contribution in [0.5, 0.6) is 0 Å². The molecular weight excluding hydrogens is 249 g/mol. The average molecular weight is 257 g/mol. The monoisotopic (exact) mass is 257 g/mol. The fourth-order valence-corrected chi connectivity index (χ4v) is 1.55. The third-order valence-electron chi connectivity index (χ3n) is 2.44. The molecule has 0 atom stereocenters. The third kappa shape index (κ3) is 2.13. The second-order valence-corrected chi connectivity index (χ2v) is 3.73. The number of hydrogen-bond acceptors (Lipinski definition) is 6. The number of halogens is 1. The summed E-state index contributed by atoms with van der Waals surface area (Å²) in [7, 11) is 0. The lowest BCUT2D eigenvalue weighted by molar-refractivity contribution is 0.431. The summed E-state index contributed by atoms with van der Waals surface area (Å²) < 4.78 is 18.2. The van der Waals surface area contributed by atoms with Gasteiger partial charge in [0.05, 0.1) is 5.56 Å². The Labute approximate surface area is 107 Å². The average Bonchev–Trinajstić information content (AvgIpc) is 2.92. The summed E-state index contributed by atoms with van der Waals surface area (Å²) in [5, 5.41) is 3.74. The summed E-state index contributed by atoms with van der Waals surface area (Å²) in [5.74, 6) is 0.242. The molecule has 2 heterocycles. The van der Waals surface area contributed by atoms with E-state index < -0.39 is 5.82 Å². The molecule has 7 heteroatoms. The number of nitrogens with zero attached hydrogens (tertiary/aromatic N) is 4. The maximum atomic E-state index is 13.2. The van der Waals surface area contributed by atoms with Crippen LogP contribution in [0.1, 0.15) is 0 Å². The topological polar surface area (TPSA) is 90.7 Å². The Kier molecular flexibility index (Phi) is 2.64. The van der Waals surface area contributed by atoms with Gasteiger partial charge in [0.1, 0.15) is 5.82 Å². The molecule has 19 heavy (non-hydrogen) atoms. The van der Waals surface area contributed by atoms with Crippen molar-refractivity contribution in [3.8, 4) is 23.1 Å². The van der Waals surface area contributed by atoms with Crippen LogP contribution in [-0.2, 0) is 0 Å². The zero-order chi connectivity index (χ0) is 13.2. The Balaban J connectivity index is 2.04. The van der Waals surface area contributed by atoms with Crippen molar-refractivity contribution in [2.75, 3.05) is 5.73 Å². The Hall–Kier alpha value is -2.83. The van der Waals surface area contributed by atoms with E-state index in [1.54, 1.807) is 18.5 Å². The van der Waals surface area contributed by atoms with Gasteiger partial charge < -0.3 is 10.3 Å². The standard InChI is InChI=1S/C12H8FN5O/c13-7-2-3-9(14)8(6-7)12-17-11(18-19-12)10-15-4-1-5-16-10/h1-6H,14H2. The molecule has 0 unspecified atom stereocenters. The molecule has 0 saturated carbocycles. The van der Waals surface area contributed by atoms with Gasteiger partial charge in [0.2, 0.25) is 11.6 Å². The first-order valence-corrected chi connectivity index (χ1v) is 5.40. The van der Waals surface area contributed by atoms with Gasteiger partial charge in [0.15, 0.2) is 0 Å². The van der Waals surface area contributed by atoms with Crippen molar-refractivity contribution in [2.45, 2.75) is 0 Å². The normalized spacial score (nSPS) is 10.6. The smallest absolute Gasteiger partial charge is 0.260 e.